The van der Waals surface area contributed by atoms with Crippen LogP contribution in [0.5, 0.6) is 11.5 Å². The largest absolute Gasteiger partial charge is 0.493 e. The zero-order chi connectivity index (χ0) is 27.8. The van der Waals surface area contributed by atoms with Gasteiger partial charge in [-0.25, -0.2) is 18.7 Å². The summed E-state index contributed by atoms with van der Waals surface area (Å²) in [6, 6.07) is 12.1. The van der Waals surface area contributed by atoms with Gasteiger partial charge < -0.3 is 14.8 Å². The van der Waals surface area contributed by atoms with Crippen molar-refractivity contribution >= 4 is 32.7 Å². The first-order chi connectivity index (χ1) is 18.7. The molecule has 1 aromatic heterocycles. The number of aromatic nitrogens is 2. The van der Waals surface area contributed by atoms with E-state index in [1.54, 1.807) is 7.11 Å². The van der Waals surface area contributed by atoms with E-state index in [4.69, 9.17) is 9.47 Å². The molecule has 39 heavy (non-hydrogen) atoms. The molecule has 0 radical (unpaired) electrons. The number of hydrogen-bond acceptors (Lipinski definition) is 6. The van der Waals surface area contributed by atoms with Crippen LogP contribution in [0.25, 0.3) is 10.9 Å². The second kappa shape index (κ2) is 13.7. The van der Waals surface area contributed by atoms with Crippen LogP contribution in [0.4, 0.5) is 14.6 Å². The maximum absolute atomic E-state index is 13.5. The monoisotopic (exact) mass is 604 g/mol. The fraction of sp³-hybridized carbons (Fsp3) is 0.533. The Morgan fingerprint density at radius 1 is 1.08 bits per heavy atom. The number of anilines is 1. The molecule has 0 amide bonds. The molecule has 2 heterocycles. The summed E-state index contributed by atoms with van der Waals surface area (Å²) in [6.45, 7) is 6.04. The lowest BCUT2D eigenvalue weighted by Gasteiger charge is -2.32. The van der Waals surface area contributed by atoms with Crippen LogP contribution in [-0.4, -0.2) is 54.1 Å². The van der Waals surface area contributed by atoms with Gasteiger partial charge in [0, 0.05) is 22.3 Å². The van der Waals surface area contributed by atoms with Gasteiger partial charge in [-0.15, -0.1) is 0 Å². The highest BCUT2D eigenvalue weighted by Crippen LogP contribution is 2.35. The number of aryl methyl sites for hydroxylation is 1. The molecule has 4 rings (SSSR count). The summed E-state index contributed by atoms with van der Waals surface area (Å²) < 4.78 is 39.9. The second-order valence-corrected chi connectivity index (χ2v) is 11.3. The highest BCUT2D eigenvalue weighted by Gasteiger charge is 2.34. The van der Waals surface area contributed by atoms with Crippen molar-refractivity contribution in [3.63, 3.8) is 0 Å². The first-order valence-electron chi connectivity index (χ1n) is 13.9. The minimum Gasteiger partial charge on any atom is -0.493 e. The Bertz CT molecular complexity index is 1240. The average molecular weight is 606 g/mol. The van der Waals surface area contributed by atoms with Gasteiger partial charge in [-0.2, -0.15) is 0 Å². The van der Waals surface area contributed by atoms with E-state index in [0.29, 0.717) is 30.4 Å². The Balaban J connectivity index is 1.29. The van der Waals surface area contributed by atoms with Gasteiger partial charge in [0.25, 0.3) is 5.92 Å². The van der Waals surface area contributed by atoms with Crippen molar-refractivity contribution in [3.8, 4) is 11.5 Å². The average Bonchev–Trinajstić information content (AvgIpc) is 2.89. The number of likely N-dealkylation sites (tertiary alicyclic amines) is 1. The Labute approximate surface area is 238 Å². The van der Waals surface area contributed by atoms with Gasteiger partial charge in [-0.3, -0.25) is 4.90 Å². The van der Waals surface area contributed by atoms with Crippen LogP contribution in [0.1, 0.15) is 69.3 Å². The predicted octanol–water partition coefficient (Wildman–Crippen LogP) is 7.94. The lowest BCUT2D eigenvalue weighted by Crippen LogP contribution is -2.42. The SMILES string of the molecule is COc1cc2c(N[C@H](C)c3cccc(Br)c3)nc(C)nc2cc1OCCCCCCCN1CCCC(F)(F)C1. The first kappa shape index (κ1) is 29.5. The summed E-state index contributed by atoms with van der Waals surface area (Å²) in [4.78, 5) is 11.2. The fourth-order valence-electron chi connectivity index (χ4n) is 5.09. The van der Waals surface area contributed by atoms with Crippen LogP contribution in [-0.2, 0) is 0 Å². The number of alkyl halides is 2. The van der Waals surface area contributed by atoms with Gasteiger partial charge in [-0.05, 0) is 70.0 Å². The number of methoxy groups -OCH3 is 1. The molecule has 6 nitrogen and oxygen atoms in total. The van der Waals surface area contributed by atoms with E-state index < -0.39 is 5.92 Å². The number of piperidine rings is 1. The van der Waals surface area contributed by atoms with Crippen LogP contribution < -0.4 is 14.8 Å². The zero-order valence-corrected chi connectivity index (χ0v) is 24.7. The van der Waals surface area contributed by atoms with Crippen molar-refractivity contribution in [1.82, 2.24) is 14.9 Å². The van der Waals surface area contributed by atoms with Crippen molar-refractivity contribution in [2.75, 3.05) is 38.7 Å². The summed E-state index contributed by atoms with van der Waals surface area (Å²) in [6.07, 6.45) is 5.66. The first-order valence-corrected chi connectivity index (χ1v) is 14.6. The van der Waals surface area contributed by atoms with Gasteiger partial charge in [0.1, 0.15) is 11.6 Å². The molecule has 0 saturated carbocycles. The highest BCUT2D eigenvalue weighted by atomic mass is 79.9. The molecule has 1 aliphatic heterocycles. The molecular formula is C30H39BrF2N4O2. The van der Waals surface area contributed by atoms with E-state index in [-0.39, 0.29) is 19.0 Å². The van der Waals surface area contributed by atoms with Crippen LogP contribution in [0, 0.1) is 6.92 Å². The topological polar surface area (TPSA) is 59.5 Å². The number of nitrogens with one attached hydrogen (secondary N) is 1. The number of nitrogens with zero attached hydrogens (tertiary/aromatic N) is 3. The number of halogens is 3. The van der Waals surface area contributed by atoms with Crippen LogP contribution >= 0.6 is 15.9 Å². The maximum Gasteiger partial charge on any atom is 0.260 e. The molecule has 3 aromatic rings. The van der Waals surface area contributed by atoms with Gasteiger partial charge in [0.15, 0.2) is 11.5 Å². The number of unbranched alkanes of at least 4 members (excludes halogenated alkanes) is 4. The van der Waals surface area contributed by atoms with Crippen molar-refractivity contribution in [3.05, 3.63) is 52.3 Å². The number of fused-ring (bicyclic) bond motifs is 1. The number of hydrogen-bond donors (Lipinski definition) is 1. The minimum absolute atomic E-state index is 0.0296. The second-order valence-electron chi connectivity index (χ2n) is 10.4. The highest BCUT2D eigenvalue weighted by molar-refractivity contribution is 9.10. The Hall–Kier alpha value is -2.52. The van der Waals surface area contributed by atoms with E-state index in [1.807, 2.05) is 36.1 Å². The van der Waals surface area contributed by atoms with E-state index in [2.05, 4.69) is 50.3 Å². The lowest BCUT2D eigenvalue weighted by atomic mass is 10.1. The van der Waals surface area contributed by atoms with Crippen molar-refractivity contribution in [2.24, 2.45) is 0 Å². The molecule has 1 fully saturated rings. The molecule has 0 aliphatic carbocycles. The van der Waals surface area contributed by atoms with Crippen LogP contribution in [0.2, 0.25) is 0 Å². The smallest absolute Gasteiger partial charge is 0.260 e. The maximum atomic E-state index is 13.5. The summed E-state index contributed by atoms with van der Waals surface area (Å²) in [5.74, 6) is 0.228. The molecular weight excluding hydrogens is 566 g/mol. The minimum atomic E-state index is -2.51. The molecule has 1 atom stereocenters. The molecule has 9 heteroatoms. The summed E-state index contributed by atoms with van der Waals surface area (Å²) in [7, 11) is 1.64. The molecule has 2 aromatic carbocycles. The zero-order valence-electron chi connectivity index (χ0n) is 23.1. The third kappa shape index (κ3) is 8.48. The summed E-state index contributed by atoms with van der Waals surface area (Å²) >= 11 is 3.55. The number of rotatable bonds is 13. The quantitative estimate of drug-likeness (QED) is 0.200. The van der Waals surface area contributed by atoms with E-state index in [1.165, 1.54) is 0 Å². The molecule has 1 N–H and O–H groups in total. The molecule has 0 unspecified atom stereocenters. The third-order valence-corrected chi connectivity index (χ3v) is 7.64. The Kier molecular flexibility index (Phi) is 10.4. The lowest BCUT2D eigenvalue weighted by molar-refractivity contribution is -0.0640. The van der Waals surface area contributed by atoms with Gasteiger partial charge in [0.2, 0.25) is 0 Å². The molecule has 0 bridgehead atoms. The van der Waals surface area contributed by atoms with Gasteiger partial charge >= 0.3 is 0 Å². The standard InChI is InChI=1S/C30H39BrF2N4O2/c1-21(23-11-9-12-24(31)17-23)34-29-25-18-27(38-3)28(19-26(25)35-22(2)36-29)39-16-8-6-4-5-7-14-37-15-10-13-30(32,33)20-37/h9,11-12,17-19,21H,4-8,10,13-16,20H2,1-3H3,(H,34,35,36)/t21-/m1/s1. The molecule has 212 valence electrons. The van der Waals surface area contributed by atoms with Crippen molar-refractivity contribution in [2.45, 2.75) is 70.8 Å². The number of benzene rings is 2. The number of ether oxygens (including phenoxy) is 2. The summed E-state index contributed by atoms with van der Waals surface area (Å²) in [5, 5.41) is 4.41. The van der Waals surface area contributed by atoms with Crippen molar-refractivity contribution < 1.29 is 18.3 Å². The van der Waals surface area contributed by atoms with E-state index in [0.717, 1.165) is 72.0 Å². The van der Waals surface area contributed by atoms with Gasteiger partial charge in [-0.1, -0.05) is 47.3 Å². The Morgan fingerprint density at radius 2 is 1.87 bits per heavy atom. The van der Waals surface area contributed by atoms with Crippen LogP contribution in [0.15, 0.2) is 40.9 Å². The normalized spacial score (nSPS) is 16.3. The van der Waals surface area contributed by atoms with Crippen molar-refractivity contribution in [1.29, 1.82) is 0 Å². The van der Waals surface area contributed by atoms with Crippen LogP contribution in [0.3, 0.4) is 0 Å². The van der Waals surface area contributed by atoms with E-state index >= 15 is 0 Å². The summed E-state index contributed by atoms with van der Waals surface area (Å²) in [5.41, 5.74) is 1.94. The Morgan fingerprint density at radius 3 is 2.64 bits per heavy atom. The molecule has 1 aliphatic rings. The van der Waals surface area contributed by atoms with Gasteiger partial charge in [0.05, 0.1) is 31.8 Å². The fourth-order valence-corrected chi connectivity index (χ4v) is 5.50. The molecule has 1 saturated heterocycles. The predicted molar refractivity (Wildman–Crippen MR) is 156 cm³/mol. The third-order valence-electron chi connectivity index (χ3n) is 7.14. The molecule has 0 spiro atoms. The van der Waals surface area contributed by atoms with E-state index in [9.17, 15) is 8.78 Å².